The third kappa shape index (κ3) is 1.95. The minimum absolute atomic E-state index is 0.338. The first-order chi connectivity index (χ1) is 8.23. The van der Waals surface area contributed by atoms with E-state index in [1.165, 1.54) is 24.0 Å². The number of epoxide rings is 1. The van der Waals surface area contributed by atoms with E-state index in [1.54, 1.807) is 0 Å². The maximum Gasteiger partial charge on any atom is 0.122 e. The monoisotopic (exact) mass is 232 g/mol. The van der Waals surface area contributed by atoms with Gasteiger partial charge in [-0.2, -0.15) is 0 Å². The van der Waals surface area contributed by atoms with E-state index < -0.39 is 0 Å². The first-order valence-electron chi connectivity index (χ1n) is 6.60. The summed E-state index contributed by atoms with van der Waals surface area (Å²) in [6.45, 7) is 6.22. The number of rotatable bonds is 4. The molecule has 3 rings (SSSR count). The Labute approximate surface area is 103 Å². The molecule has 0 radical (unpaired) electrons. The predicted molar refractivity (Wildman–Crippen MR) is 67.6 cm³/mol. The second-order valence-corrected chi connectivity index (χ2v) is 5.46. The average molecular weight is 232 g/mol. The molecule has 2 atom stereocenters. The van der Waals surface area contributed by atoms with E-state index in [0.717, 1.165) is 18.8 Å². The van der Waals surface area contributed by atoms with Gasteiger partial charge in [0.25, 0.3) is 0 Å². The van der Waals surface area contributed by atoms with Crippen molar-refractivity contribution in [2.45, 2.75) is 44.6 Å². The predicted octanol–water partition coefficient (Wildman–Crippen LogP) is 3.08. The molecule has 1 aliphatic carbocycles. The van der Waals surface area contributed by atoms with E-state index in [1.807, 2.05) is 0 Å². The Bertz CT molecular complexity index is 423. The summed E-state index contributed by atoms with van der Waals surface area (Å²) in [6.07, 6.45) is 3.94. The molecule has 2 heteroatoms. The molecular formula is C15H20O2. The Morgan fingerprint density at radius 2 is 2.29 bits per heavy atom. The maximum absolute atomic E-state index is 5.89. The van der Waals surface area contributed by atoms with Gasteiger partial charge in [0, 0.05) is 0 Å². The SMILES string of the molecule is CCC1(C)CCc2c(OCC3CO3)cccc21. The Balaban J connectivity index is 1.86. The molecule has 1 saturated heterocycles. The van der Waals surface area contributed by atoms with E-state index in [0.29, 0.717) is 18.1 Å². The molecule has 0 spiro atoms. The van der Waals surface area contributed by atoms with E-state index in [-0.39, 0.29) is 0 Å². The van der Waals surface area contributed by atoms with Crippen LogP contribution < -0.4 is 4.74 Å². The van der Waals surface area contributed by atoms with Gasteiger partial charge in [0.1, 0.15) is 18.5 Å². The quantitative estimate of drug-likeness (QED) is 0.744. The smallest absolute Gasteiger partial charge is 0.122 e. The fourth-order valence-corrected chi connectivity index (χ4v) is 2.77. The molecule has 0 bridgehead atoms. The van der Waals surface area contributed by atoms with Crippen LogP contribution >= 0.6 is 0 Å². The number of ether oxygens (including phenoxy) is 2. The van der Waals surface area contributed by atoms with Crippen LogP contribution in [-0.4, -0.2) is 19.3 Å². The van der Waals surface area contributed by atoms with E-state index in [2.05, 4.69) is 32.0 Å². The van der Waals surface area contributed by atoms with Gasteiger partial charge in [-0.3, -0.25) is 0 Å². The van der Waals surface area contributed by atoms with Crippen molar-refractivity contribution in [2.24, 2.45) is 0 Å². The second kappa shape index (κ2) is 4.02. The van der Waals surface area contributed by atoms with Gasteiger partial charge in [-0.25, -0.2) is 0 Å². The van der Waals surface area contributed by atoms with Gasteiger partial charge in [0.2, 0.25) is 0 Å². The molecule has 0 amide bonds. The molecule has 0 saturated carbocycles. The largest absolute Gasteiger partial charge is 0.490 e. The lowest BCUT2D eigenvalue weighted by Gasteiger charge is -2.23. The lowest BCUT2D eigenvalue weighted by molar-refractivity contribution is 0.261. The summed E-state index contributed by atoms with van der Waals surface area (Å²) in [5, 5.41) is 0. The molecule has 0 N–H and O–H groups in total. The zero-order valence-corrected chi connectivity index (χ0v) is 10.7. The molecule has 2 unspecified atom stereocenters. The summed E-state index contributed by atoms with van der Waals surface area (Å²) in [7, 11) is 0. The van der Waals surface area contributed by atoms with Crippen LogP contribution in [0, 0.1) is 0 Å². The highest BCUT2D eigenvalue weighted by molar-refractivity contribution is 5.47. The lowest BCUT2D eigenvalue weighted by Crippen LogP contribution is -2.16. The van der Waals surface area contributed by atoms with Crippen LogP contribution in [0.15, 0.2) is 18.2 Å². The van der Waals surface area contributed by atoms with Crippen molar-refractivity contribution in [1.29, 1.82) is 0 Å². The minimum Gasteiger partial charge on any atom is -0.490 e. The third-order valence-electron chi connectivity index (χ3n) is 4.32. The van der Waals surface area contributed by atoms with E-state index in [9.17, 15) is 0 Å². The molecule has 1 fully saturated rings. The molecular weight excluding hydrogens is 212 g/mol. The van der Waals surface area contributed by atoms with Crippen molar-refractivity contribution in [3.05, 3.63) is 29.3 Å². The molecule has 2 aliphatic rings. The van der Waals surface area contributed by atoms with Gasteiger partial charge in [-0.05, 0) is 41.9 Å². The van der Waals surface area contributed by atoms with E-state index in [4.69, 9.17) is 9.47 Å². The highest BCUT2D eigenvalue weighted by atomic mass is 16.6. The van der Waals surface area contributed by atoms with Crippen LogP contribution in [0.3, 0.4) is 0 Å². The van der Waals surface area contributed by atoms with Crippen LogP contribution in [0.5, 0.6) is 5.75 Å². The number of benzene rings is 1. The van der Waals surface area contributed by atoms with Crippen molar-refractivity contribution in [3.63, 3.8) is 0 Å². The molecule has 1 heterocycles. The fraction of sp³-hybridized carbons (Fsp3) is 0.600. The normalized spacial score (nSPS) is 30.1. The lowest BCUT2D eigenvalue weighted by atomic mass is 9.82. The molecule has 17 heavy (non-hydrogen) atoms. The average Bonchev–Trinajstić information content (AvgIpc) is 3.12. The van der Waals surface area contributed by atoms with Crippen LogP contribution in [0.1, 0.15) is 37.8 Å². The standard InChI is InChI=1S/C15H20O2/c1-3-15(2)8-7-12-13(15)5-4-6-14(12)17-10-11-9-16-11/h4-6,11H,3,7-10H2,1-2H3. The zero-order valence-electron chi connectivity index (χ0n) is 10.7. The number of fused-ring (bicyclic) bond motifs is 1. The van der Waals surface area contributed by atoms with Crippen molar-refractivity contribution < 1.29 is 9.47 Å². The third-order valence-corrected chi connectivity index (χ3v) is 4.32. The molecule has 1 aromatic rings. The Morgan fingerprint density at radius 3 is 3.00 bits per heavy atom. The highest BCUT2D eigenvalue weighted by Gasteiger charge is 2.34. The van der Waals surface area contributed by atoms with Crippen LogP contribution in [-0.2, 0) is 16.6 Å². The van der Waals surface area contributed by atoms with Gasteiger partial charge < -0.3 is 9.47 Å². The summed E-state index contributed by atoms with van der Waals surface area (Å²) in [4.78, 5) is 0. The zero-order chi connectivity index (χ0) is 11.9. The minimum atomic E-state index is 0.338. The maximum atomic E-state index is 5.89. The van der Waals surface area contributed by atoms with Gasteiger partial charge in [0.05, 0.1) is 6.61 Å². The Hall–Kier alpha value is -1.02. The van der Waals surface area contributed by atoms with Gasteiger partial charge >= 0.3 is 0 Å². The molecule has 1 aliphatic heterocycles. The van der Waals surface area contributed by atoms with Gasteiger partial charge in [-0.15, -0.1) is 0 Å². The summed E-state index contributed by atoms with van der Waals surface area (Å²) in [5.74, 6) is 1.08. The van der Waals surface area contributed by atoms with Gasteiger partial charge in [0.15, 0.2) is 0 Å². The molecule has 1 aromatic carbocycles. The number of hydrogen-bond donors (Lipinski definition) is 0. The van der Waals surface area contributed by atoms with Crippen LogP contribution in [0.4, 0.5) is 0 Å². The van der Waals surface area contributed by atoms with Crippen molar-refractivity contribution in [1.82, 2.24) is 0 Å². The topological polar surface area (TPSA) is 21.8 Å². The number of hydrogen-bond acceptors (Lipinski definition) is 2. The Morgan fingerprint density at radius 1 is 1.47 bits per heavy atom. The fourth-order valence-electron chi connectivity index (χ4n) is 2.77. The second-order valence-electron chi connectivity index (χ2n) is 5.46. The summed E-state index contributed by atoms with van der Waals surface area (Å²) in [6, 6.07) is 6.50. The first kappa shape index (κ1) is 11.1. The van der Waals surface area contributed by atoms with Crippen LogP contribution in [0.25, 0.3) is 0 Å². The van der Waals surface area contributed by atoms with Crippen LogP contribution in [0.2, 0.25) is 0 Å². The highest BCUT2D eigenvalue weighted by Crippen LogP contribution is 2.44. The van der Waals surface area contributed by atoms with Crippen molar-refractivity contribution >= 4 is 0 Å². The van der Waals surface area contributed by atoms with Gasteiger partial charge in [-0.1, -0.05) is 26.0 Å². The Kier molecular flexibility index (Phi) is 2.62. The summed E-state index contributed by atoms with van der Waals surface area (Å²) in [5.41, 5.74) is 3.27. The van der Waals surface area contributed by atoms with Crippen molar-refractivity contribution in [2.75, 3.05) is 13.2 Å². The summed E-state index contributed by atoms with van der Waals surface area (Å²) < 4.78 is 11.1. The van der Waals surface area contributed by atoms with E-state index >= 15 is 0 Å². The first-order valence-corrected chi connectivity index (χ1v) is 6.60. The molecule has 0 aromatic heterocycles. The summed E-state index contributed by atoms with van der Waals surface area (Å²) >= 11 is 0. The molecule has 92 valence electrons. The van der Waals surface area contributed by atoms with Crippen molar-refractivity contribution in [3.8, 4) is 5.75 Å². The molecule has 2 nitrogen and oxygen atoms in total.